The number of hydrogen-bond acceptors (Lipinski definition) is 3. The summed E-state index contributed by atoms with van der Waals surface area (Å²) in [5.74, 6) is -0.0635. The van der Waals surface area contributed by atoms with Crippen LogP contribution in [0.15, 0.2) is 18.2 Å². The highest BCUT2D eigenvalue weighted by atomic mass is 16.5. The minimum Gasteiger partial charge on any atom is -0.496 e. The Morgan fingerprint density at radius 2 is 1.95 bits per heavy atom. The summed E-state index contributed by atoms with van der Waals surface area (Å²) in [6, 6.07) is 5.99. The summed E-state index contributed by atoms with van der Waals surface area (Å²) in [5, 5.41) is 9.51. The summed E-state index contributed by atoms with van der Waals surface area (Å²) in [4.78, 5) is 11.6. The third-order valence-corrected chi connectivity index (χ3v) is 4.76. The standard InChI is InChI=1S/C16H20O4/c1-19-10-15(5-6-15)11-3-4-13(20-2)12(9-11)16(7-8-16)14(17)18/h3-4,9H,5-8,10H2,1-2H3,(H,17,18). The zero-order valence-electron chi connectivity index (χ0n) is 11.9. The summed E-state index contributed by atoms with van der Waals surface area (Å²) in [7, 11) is 3.31. The molecule has 1 N–H and O–H groups in total. The van der Waals surface area contributed by atoms with E-state index in [0.29, 0.717) is 25.2 Å². The van der Waals surface area contributed by atoms with Crippen LogP contribution in [0.1, 0.15) is 36.8 Å². The Kier molecular flexibility index (Phi) is 3.01. The minimum absolute atomic E-state index is 0.0877. The number of rotatable bonds is 6. The molecule has 4 nitrogen and oxygen atoms in total. The highest BCUT2D eigenvalue weighted by molar-refractivity contribution is 5.86. The molecular formula is C16H20O4. The van der Waals surface area contributed by atoms with Crippen molar-refractivity contribution in [2.45, 2.75) is 36.5 Å². The van der Waals surface area contributed by atoms with Crippen LogP contribution in [-0.4, -0.2) is 31.9 Å². The van der Waals surface area contributed by atoms with Gasteiger partial charge in [0.15, 0.2) is 0 Å². The molecule has 0 unspecified atom stereocenters. The Balaban J connectivity index is 2.03. The van der Waals surface area contributed by atoms with E-state index in [9.17, 15) is 9.90 Å². The van der Waals surface area contributed by atoms with Crippen molar-refractivity contribution in [2.24, 2.45) is 0 Å². The summed E-state index contributed by atoms with van der Waals surface area (Å²) in [5.41, 5.74) is 1.37. The maximum atomic E-state index is 11.6. The monoisotopic (exact) mass is 276 g/mol. The van der Waals surface area contributed by atoms with Crippen LogP contribution in [-0.2, 0) is 20.4 Å². The molecule has 2 saturated carbocycles. The Morgan fingerprint density at radius 3 is 2.40 bits per heavy atom. The van der Waals surface area contributed by atoms with Crippen molar-refractivity contribution in [3.05, 3.63) is 29.3 Å². The van der Waals surface area contributed by atoms with Gasteiger partial charge >= 0.3 is 5.97 Å². The smallest absolute Gasteiger partial charge is 0.314 e. The largest absolute Gasteiger partial charge is 0.496 e. The maximum Gasteiger partial charge on any atom is 0.314 e. The van der Waals surface area contributed by atoms with Crippen molar-refractivity contribution in [1.82, 2.24) is 0 Å². The first-order valence-electron chi connectivity index (χ1n) is 6.99. The second-order valence-electron chi connectivity index (χ2n) is 6.02. The van der Waals surface area contributed by atoms with E-state index >= 15 is 0 Å². The van der Waals surface area contributed by atoms with Crippen LogP contribution >= 0.6 is 0 Å². The zero-order chi connectivity index (χ0) is 14.4. The van der Waals surface area contributed by atoms with E-state index in [1.807, 2.05) is 18.2 Å². The van der Waals surface area contributed by atoms with E-state index < -0.39 is 11.4 Å². The molecule has 0 bridgehead atoms. The van der Waals surface area contributed by atoms with Gasteiger partial charge in [0.1, 0.15) is 5.75 Å². The molecule has 0 heterocycles. The van der Waals surface area contributed by atoms with Gasteiger partial charge in [0.25, 0.3) is 0 Å². The van der Waals surface area contributed by atoms with Crippen LogP contribution in [0.4, 0.5) is 0 Å². The van der Waals surface area contributed by atoms with Gasteiger partial charge in [0.05, 0.1) is 19.1 Å². The Hall–Kier alpha value is -1.55. The van der Waals surface area contributed by atoms with Gasteiger partial charge in [-0.2, -0.15) is 0 Å². The normalized spacial score (nSPS) is 21.3. The molecule has 0 aromatic heterocycles. The topological polar surface area (TPSA) is 55.8 Å². The number of aliphatic carboxylic acids is 1. The Labute approximate surface area is 118 Å². The van der Waals surface area contributed by atoms with Crippen LogP contribution in [0, 0.1) is 0 Å². The second kappa shape index (κ2) is 4.48. The minimum atomic E-state index is -0.746. The fourth-order valence-corrected chi connectivity index (χ4v) is 3.08. The molecule has 108 valence electrons. The average molecular weight is 276 g/mol. The summed E-state index contributed by atoms with van der Waals surface area (Å²) in [6.07, 6.45) is 3.60. The fraction of sp³-hybridized carbons (Fsp3) is 0.562. The first-order valence-corrected chi connectivity index (χ1v) is 6.99. The predicted molar refractivity (Wildman–Crippen MR) is 74.3 cm³/mol. The predicted octanol–water partition coefficient (Wildman–Crippen LogP) is 2.49. The van der Waals surface area contributed by atoms with Crippen molar-refractivity contribution < 1.29 is 19.4 Å². The first-order chi connectivity index (χ1) is 9.58. The van der Waals surface area contributed by atoms with Crippen molar-refractivity contribution in [2.75, 3.05) is 20.8 Å². The molecule has 2 aliphatic rings. The molecule has 0 spiro atoms. The summed E-state index contributed by atoms with van der Waals surface area (Å²) >= 11 is 0. The van der Waals surface area contributed by atoms with Gasteiger partial charge in [0.2, 0.25) is 0 Å². The lowest BCUT2D eigenvalue weighted by Crippen LogP contribution is -2.22. The summed E-state index contributed by atoms with van der Waals surface area (Å²) in [6.45, 7) is 0.693. The SMILES string of the molecule is COCC1(c2ccc(OC)c(C3(C(=O)O)CC3)c2)CC1. The van der Waals surface area contributed by atoms with Crippen molar-refractivity contribution >= 4 is 5.97 Å². The van der Waals surface area contributed by atoms with Gasteiger partial charge in [0, 0.05) is 18.1 Å². The highest BCUT2D eigenvalue weighted by Gasteiger charge is 2.54. The average Bonchev–Trinajstić information content (AvgIpc) is 3.33. The highest BCUT2D eigenvalue weighted by Crippen LogP contribution is 2.54. The third-order valence-electron chi connectivity index (χ3n) is 4.76. The van der Waals surface area contributed by atoms with Gasteiger partial charge < -0.3 is 14.6 Å². The van der Waals surface area contributed by atoms with Gasteiger partial charge in [-0.25, -0.2) is 0 Å². The Bertz CT molecular complexity index is 541. The van der Waals surface area contributed by atoms with E-state index in [-0.39, 0.29) is 5.41 Å². The lowest BCUT2D eigenvalue weighted by molar-refractivity contribution is -0.140. The molecule has 1 aromatic rings. The summed E-state index contributed by atoms with van der Waals surface area (Å²) < 4.78 is 10.7. The van der Waals surface area contributed by atoms with Crippen molar-refractivity contribution in [3.8, 4) is 5.75 Å². The quantitative estimate of drug-likeness (QED) is 0.867. The molecular weight excluding hydrogens is 256 g/mol. The van der Waals surface area contributed by atoms with Crippen LogP contribution < -0.4 is 4.74 Å². The second-order valence-corrected chi connectivity index (χ2v) is 6.02. The van der Waals surface area contributed by atoms with E-state index in [4.69, 9.17) is 9.47 Å². The van der Waals surface area contributed by atoms with Gasteiger partial charge in [-0.1, -0.05) is 12.1 Å². The van der Waals surface area contributed by atoms with E-state index in [2.05, 4.69) is 0 Å². The maximum absolute atomic E-state index is 11.6. The number of carboxylic acid groups (broad SMARTS) is 1. The van der Waals surface area contributed by atoms with Crippen LogP contribution in [0.25, 0.3) is 0 Å². The third kappa shape index (κ3) is 1.90. The first kappa shape index (κ1) is 13.4. The van der Waals surface area contributed by atoms with Crippen LogP contribution in [0.2, 0.25) is 0 Å². The molecule has 0 saturated heterocycles. The van der Waals surface area contributed by atoms with Crippen LogP contribution in [0.3, 0.4) is 0 Å². The van der Waals surface area contributed by atoms with Crippen LogP contribution in [0.5, 0.6) is 5.75 Å². The molecule has 2 fully saturated rings. The molecule has 4 heteroatoms. The van der Waals surface area contributed by atoms with Gasteiger partial charge in [-0.15, -0.1) is 0 Å². The number of carbonyl (C=O) groups is 1. The van der Waals surface area contributed by atoms with Crippen molar-refractivity contribution in [3.63, 3.8) is 0 Å². The molecule has 0 aliphatic heterocycles. The molecule has 20 heavy (non-hydrogen) atoms. The molecule has 1 aromatic carbocycles. The fourth-order valence-electron chi connectivity index (χ4n) is 3.08. The van der Waals surface area contributed by atoms with Crippen molar-refractivity contribution in [1.29, 1.82) is 0 Å². The number of methoxy groups -OCH3 is 2. The zero-order valence-corrected chi connectivity index (χ0v) is 11.9. The molecule has 3 rings (SSSR count). The lowest BCUT2D eigenvalue weighted by Gasteiger charge is -2.20. The number of carboxylic acids is 1. The molecule has 0 atom stereocenters. The molecule has 2 aliphatic carbocycles. The number of ether oxygens (including phenoxy) is 2. The van der Waals surface area contributed by atoms with E-state index in [0.717, 1.165) is 18.4 Å². The number of hydrogen-bond donors (Lipinski definition) is 1. The molecule has 0 radical (unpaired) electrons. The number of benzene rings is 1. The lowest BCUT2D eigenvalue weighted by atomic mass is 9.88. The van der Waals surface area contributed by atoms with Gasteiger partial charge in [-0.05, 0) is 37.3 Å². The Morgan fingerprint density at radius 1 is 1.25 bits per heavy atom. The van der Waals surface area contributed by atoms with E-state index in [1.165, 1.54) is 5.56 Å². The molecule has 0 amide bonds. The van der Waals surface area contributed by atoms with Gasteiger partial charge in [-0.3, -0.25) is 4.79 Å². The van der Waals surface area contributed by atoms with E-state index in [1.54, 1.807) is 14.2 Å².